The zero-order chi connectivity index (χ0) is 15.2. The van der Waals surface area contributed by atoms with Crippen molar-refractivity contribution in [2.24, 2.45) is 22.4 Å². The monoisotopic (exact) mass is 277 g/mol. The molecule has 0 bridgehead atoms. The molecule has 1 atom stereocenters. The van der Waals surface area contributed by atoms with E-state index in [1.54, 1.807) is 0 Å². The maximum Gasteiger partial charge on any atom is 0.117 e. The average Bonchev–Trinajstić information content (AvgIpc) is 2.33. The SMILES string of the molecule is CC1=CCCC(C)(C)C1/C=C/C(C)=N/OCCC(C)C. The summed E-state index contributed by atoms with van der Waals surface area (Å²) < 4.78 is 0. The summed E-state index contributed by atoms with van der Waals surface area (Å²) in [6.07, 6.45) is 10.3. The fraction of sp³-hybridized carbons (Fsp3) is 0.722. The third-order valence-electron chi connectivity index (χ3n) is 4.11. The Morgan fingerprint density at radius 2 is 2.20 bits per heavy atom. The highest BCUT2D eigenvalue weighted by molar-refractivity contribution is 5.92. The minimum Gasteiger partial charge on any atom is -0.396 e. The van der Waals surface area contributed by atoms with Gasteiger partial charge in [-0.1, -0.05) is 50.6 Å². The van der Waals surface area contributed by atoms with Gasteiger partial charge >= 0.3 is 0 Å². The van der Waals surface area contributed by atoms with Crippen molar-refractivity contribution < 1.29 is 4.84 Å². The lowest BCUT2D eigenvalue weighted by Gasteiger charge is -2.36. The number of rotatable bonds is 6. The van der Waals surface area contributed by atoms with E-state index in [0.29, 0.717) is 23.9 Å². The summed E-state index contributed by atoms with van der Waals surface area (Å²) >= 11 is 0. The lowest BCUT2D eigenvalue weighted by Crippen LogP contribution is -2.26. The molecule has 114 valence electrons. The third kappa shape index (κ3) is 5.52. The second kappa shape index (κ2) is 7.66. The smallest absolute Gasteiger partial charge is 0.117 e. The van der Waals surface area contributed by atoms with Gasteiger partial charge in [0.25, 0.3) is 0 Å². The van der Waals surface area contributed by atoms with Gasteiger partial charge in [0.15, 0.2) is 0 Å². The van der Waals surface area contributed by atoms with Crippen molar-refractivity contribution in [2.75, 3.05) is 6.61 Å². The summed E-state index contributed by atoms with van der Waals surface area (Å²) in [7, 11) is 0. The maximum absolute atomic E-state index is 5.35. The van der Waals surface area contributed by atoms with Crippen LogP contribution in [0.3, 0.4) is 0 Å². The zero-order valence-electron chi connectivity index (χ0n) is 14.1. The molecule has 0 aromatic rings. The van der Waals surface area contributed by atoms with Crippen molar-refractivity contribution in [1.82, 2.24) is 0 Å². The van der Waals surface area contributed by atoms with E-state index in [1.807, 2.05) is 6.92 Å². The summed E-state index contributed by atoms with van der Waals surface area (Å²) in [5, 5.41) is 4.16. The van der Waals surface area contributed by atoms with Gasteiger partial charge in [0.2, 0.25) is 0 Å². The van der Waals surface area contributed by atoms with E-state index in [-0.39, 0.29) is 0 Å². The minimum atomic E-state index is 0.341. The number of oxime groups is 1. The molecule has 0 saturated heterocycles. The van der Waals surface area contributed by atoms with Gasteiger partial charge in [-0.3, -0.25) is 0 Å². The molecule has 0 aliphatic heterocycles. The molecule has 1 aliphatic carbocycles. The molecule has 0 saturated carbocycles. The number of hydrogen-bond donors (Lipinski definition) is 0. The first-order chi connectivity index (χ1) is 9.33. The Labute approximate surface area is 125 Å². The predicted octanol–water partition coefficient (Wildman–Crippen LogP) is 5.36. The molecule has 1 rings (SSSR count). The molecule has 0 N–H and O–H groups in total. The Balaban J connectivity index is 2.55. The van der Waals surface area contributed by atoms with Crippen LogP contribution in [-0.2, 0) is 4.84 Å². The molecule has 2 nitrogen and oxygen atoms in total. The molecule has 0 amide bonds. The van der Waals surface area contributed by atoms with Crippen LogP contribution in [0.2, 0.25) is 0 Å². The normalized spacial score (nSPS) is 23.2. The fourth-order valence-electron chi connectivity index (χ4n) is 2.68. The van der Waals surface area contributed by atoms with E-state index < -0.39 is 0 Å². The summed E-state index contributed by atoms with van der Waals surface area (Å²) in [5.74, 6) is 1.17. The summed E-state index contributed by atoms with van der Waals surface area (Å²) in [6.45, 7) is 14.0. The van der Waals surface area contributed by atoms with Crippen molar-refractivity contribution in [3.63, 3.8) is 0 Å². The summed E-state index contributed by atoms with van der Waals surface area (Å²) in [6, 6.07) is 0. The fourth-order valence-corrected chi connectivity index (χ4v) is 2.68. The quantitative estimate of drug-likeness (QED) is 0.277. The molecule has 2 heteroatoms. The topological polar surface area (TPSA) is 21.6 Å². The Kier molecular flexibility index (Phi) is 6.51. The molecule has 0 fully saturated rings. The van der Waals surface area contributed by atoms with Gasteiger partial charge < -0.3 is 4.84 Å². The lowest BCUT2D eigenvalue weighted by atomic mass is 9.68. The van der Waals surface area contributed by atoms with Crippen LogP contribution in [0.15, 0.2) is 29.0 Å². The highest BCUT2D eigenvalue weighted by Gasteiger charge is 2.30. The Morgan fingerprint density at radius 1 is 1.50 bits per heavy atom. The van der Waals surface area contributed by atoms with Gasteiger partial charge in [0.05, 0.1) is 5.71 Å². The van der Waals surface area contributed by atoms with E-state index in [1.165, 1.54) is 18.4 Å². The van der Waals surface area contributed by atoms with Crippen molar-refractivity contribution in [2.45, 2.75) is 60.8 Å². The van der Waals surface area contributed by atoms with Crippen LogP contribution < -0.4 is 0 Å². The van der Waals surface area contributed by atoms with Crippen molar-refractivity contribution in [3.05, 3.63) is 23.8 Å². The second-order valence-corrected chi connectivity index (χ2v) is 7.06. The molecule has 0 aromatic heterocycles. The Morgan fingerprint density at radius 3 is 2.80 bits per heavy atom. The van der Waals surface area contributed by atoms with Crippen LogP contribution in [0, 0.1) is 17.3 Å². The first-order valence-corrected chi connectivity index (χ1v) is 7.84. The molecular formula is C18H31NO. The molecule has 20 heavy (non-hydrogen) atoms. The van der Waals surface area contributed by atoms with Crippen LogP contribution in [0.25, 0.3) is 0 Å². The molecule has 1 aliphatic rings. The van der Waals surface area contributed by atoms with Gasteiger partial charge in [-0.25, -0.2) is 0 Å². The summed E-state index contributed by atoms with van der Waals surface area (Å²) in [4.78, 5) is 5.35. The Bertz CT molecular complexity index is 388. The standard InChI is InChI=1S/C18H31NO/c1-14(2)11-13-20-19-16(4)9-10-17-15(3)8-7-12-18(17,5)6/h8-10,14,17H,7,11-13H2,1-6H3/b10-9+,19-16+. The van der Waals surface area contributed by atoms with Gasteiger partial charge in [-0.15, -0.1) is 0 Å². The first kappa shape index (κ1) is 17.0. The lowest BCUT2D eigenvalue weighted by molar-refractivity contribution is 0.133. The molecule has 0 spiro atoms. The van der Waals surface area contributed by atoms with Gasteiger partial charge in [0.1, 0.15) is 6.61 Å². The molecule has 0 heterocycles. The van der Waals surface area contributed by atoms with E-state index in [0.717, 1.165) is 12.1 Å². The number of allylic oxidation sites excluding steroid dienone is 4. The van der Waals surface area contributed by atoms with Gasteiger partial charge in [0, 0.05) is 5.92 Å². The van der Waals surface area contributed by atoms with Gasteiger partial charge in [-0.05, 0) is 50.5 Å². The van der Waals surface area contributed by atoms with Crippen LogP contribution in [0.5, 0.6) is 0 Å². The molecule has 0 radical (unpaired) electrons. The van der Waals surface area contributed by atoms with Crippen LogP contribution in [-0.4, -0.2) is 12.3 Å². The third-order valence-corrected chi connectivity index (χ3v) is 4.11. The van der Waals surface area contributed by atoms with Crippen LogP contribution >= 0.6 is 0 Å². The number of nitrogens with zero attached hydrogens (tertiary/aromatic N) is 1. The van der Waals surface area contributed by atoms with E-state index in [9.17, 15) is 0 Å². The zero-order valence-corrected chi connectivity index (χ0v) is 14.1. The first-order valence-electron chi connectivity index (χ1n) is 7.84. The highest BCUT2D eigenvalue weighted by atomic mass is 16.6. The van der Waals surface area contributed by atoms with E-state index >= 15 is 0 Å². The van der Waals surface area contributed by atoms with E-state index in [2.05, 4.69) is 58.0 Å². The van der Waals surface area contributed by atoms with Crippen molar-refractivity contribution in [1.29, 1.82) is 0 Å². The minimum absolute atomic E-state index is 0.341. The average molecular weight is 277 g/mol. The van der Waals surface area contributed by atoms with E-state index in [4.69, 9.17) is 4.84 Å². The Hall–Kier alpha value is -1.05. The second-order valence-electron chi connectivity index (χ2n) is 7.06. The van der Waals surface area contributed by atoms with Crippen molar-refractivity contribution in [3.8, 4) is 0 Å². The van der Waals surface area contributed by atoms with Crippen LogP contribution in [0.1, 0.15) is 60.8 Å². The molecule has 0 aromatic carbocycles. The highest BCUT2D eigenvalue weighted by Crippen LogP contribution is 2.41. The molecule has 1 unspecified atom stereocenters. The maximum atomic E-state index is 5.35. The van der Waals surface area contributed by atoms with Crippen LogP contribution in [0.4, 0.5) is 0 Å². The largest absolute Gasteiger partial charge is 0.396 e. The van der Waals surface area contributed by atoms with Crippen molar-refractivity contribution >= 4 is 5.71 Å². The predicted molar refractivity (Wildman–Crippen MR) is 87.9 cm³/mol. The van der Waals surface area contributed by atoms with Gasteiger partial charge in [-0.2, -0.15) is 0 Å². The summed E-state index contributed by atoms with van der Waals surface area (Å²) in [5.41, 5.74) is 2.77. The molecular weight excluding hydrogens is 246 g/mol. The number of hydrogen-bond acceptors (Lipinski definition) is 2.